The zero-order valence-corrected chi connectivity index (χ0v) is 17.5. The summed E-state index contributed by atoms with van der Waals surface area (Å²) in [5, 5.41) is 0. The van der Waals surface area contributed by atoms with E-state index in [0.717, 1.165) is 0 Å². The summed E-state index contributed by atoms with van der Waals surface area (Å²) in [6, 6.07) is 0. The maximum absolute atomic E-state index is 12.5. The second-order valence-electron chi connectivity index (χ2n) is 4.57. The van der Waals surface area contributed by atoms with E-state index in [1.165, 1.54) is 13.8 Å². The van der Waals surface area contributed by atoms with Gasteiger partial charge in [-0.1, -0.05) is 0 Å². The first-order chi connectivity index (χ1) is 10.1. The fourth-order valence-corrected chi connectivity index (χ4v) is 4.07. The molecule has 8 heteroatoms. The second-order valence-corrected chi connectivity index (χ2v) is 7.74. The van der Waals surface area contributed by atoms with Crippen LogP contribution < -0.4 is 0 Å². The number of hydrogen-bond acceptors (Lipinski definition) is 4. The summed E-state index contributed by atoms with van der Waals surface area (Å²) in [7, 11) is 0. The van der Waals surface area contributed by atoms with Crippen molar-refractivity contribution in [1.82, 2.24) is 0 Å². The molecule has 0 fully saturated rings. The number of carbonyl (C=O) groups is 4. The van der Waals surface area contributed by atoms with Crippen LogP contribution in [-0.2, 0) is 19.2 Å². The van der Waals surface area contributed by atoms with Crippen LogP contribution in [0, 0.1) is 0 Å². The molecule has 0 aromatic heterocycles. The van der Waals surface area contributed by atoms with E-state index < -0.39 is 23.1 Å². The van der Waals surface area contributed by atoms with Crippen molar-refractivity contribution in [2.45, 2.75) is 13.8 Å². The minimum absolute atomic E-state index is 0.0360. The first-order valence-electron chi connectivity index (χ1n) is 5.82. The third-order valence-electron chi connectivity index (χ3n) is 3.28. The van der Waals surface area contributed by atoms with Gasteiger partial charge < -0.3 is 0 Å². The third-order valence-corrected chi connectivity index (χ3v) is 6.70. The van der Waals surface area contributed by atoms with Gasteiger partial charge in [-0.2, -0.15) is 0 Å². The van der Waals surface area contributed by atoms with Crippen molar-refractivity contribution in [1.29, 1.82) is 0 Å². The number of allylic oxidation sites excluding steroid dienone is 8. The normalized spacial score (nSPS) is 20.8. The fraction of sp³-hybridized carbons (Fsp3) is 0.143. The highest BCUT2D eigenvalue weighted by molar-refractivity contribution is 9.13. The molecule has 0 saturated heterocycles. The molecule has 0 heterocycles. The molecule has 4 nitrogen and oxygen atoms in total. The van der Waals surface area contributed by atoms with Crippen molar-refractivity contribution in [3.8, 4) is 0 Å². The summed E-state index contributed by atoms with van der Waals surface area (Å²) in [5.41, 5.74) is 0.213. The maximum atomic E-state index is 12.5. The van der Waals surface area contributed by atoms with Crippen LogP contribution in [0.5, 0.6) is 0 Å². The molecule has 0 saturated carbocycles. The number of rotatable bonds is 1. The van der Waals surface area contributed by atoms with Gasteiger partial charge in [0.05, 0.1) is 29.1 Å². The molecule has 2 aliphatic rings. The molecular formula is C14H6Br4O4. The maximum Gasteiger partial charge on any atom is 0.202 e. The van der Waals surface area contributed by atoms with Crippen molar-refractivity contribution in [3.63, 3.8) is 0 Å². The SMILES string of the molecule is CC1=C(Br)C(=O)C(C2=C(Br)C(=O)C(C)=C(Br)C2=O)=C(Br)C1=O. The van der Waals surface area contributed by atoms with E-state index in [-0.39, 0.29) is 40.2 Å². The Hall–Kier alpha value is -0.440. The molecule has 22 heavy (non-hydrogen) atoms. The predicted molar refractivity (Wildman–Crippen MR) is 95.2 cm³/mol. The number of carbonyl (C=O) groups excluding carboxylic acids is 4. The molecule has 0 aromatic carbocycles. The van der Waals surface area contributed by atoms with Gasteiger partial charge in [-0.3, -0.25) is 19.2 Å². The van der Waals surface area contributed by atoms with Gasteiger partial charge in [0.25, 0.3) is 0 Å². The van der Waals surface area contributed by atoms with E-state index >= 15 is 0 Å². The van der Waals surface area contributed by atoms with Crippen LogP contribution in [0.3, 0.4) is 0 Å². The molecule has 0 amide bonds. The second kappa shape index (κ2) is 6.22. The van der Waals surface area contributed by atoms with Crippen molar-refractivity contribution in [2.24, 2.45) is 0 Å². The molecular weight excluding hydrogens is 552 g/mol. The van der Waals surface area contributed by atoms with E-state index in [2.05, 4.69) is 63.7 Å². The monoisotopic (exact) mass is 554 g/mol. The summed E-state index contributed by atoms with van der Waals surface area (Å²) in [4.78, 5) is 49.3. The van der Waals surface area contributed by atoms with Gasteiger partial charge in [0.1, 0.15) is 0 Å². The van der Waals surface area contributed by atoms with Crippen molar-refractivity contribution < 1.29 is 19.2 Å². The van der Waals surface area contributed by atoms with Crippen LogP contribution in [0.1, 0.15) is 13.8 Å². The summed E-state index contributed by atoms with van der Waals surface area (Å²) in [6.45, 7) is 3.00. The van der Waals surface area contributed by atoms with E-state index in [1.54, 1.807) is 0 Å². The number of Topliss-reactive ketones (excluding diaryl/α,β-unsaturated/α-hetero) is 4. The Bertz CT molecular complexity index is 741. The zero-order chi connectivity index (χ0) is 16.9. The van der Waals surface area contributed by atoms with E-state index in [4.69, 9.17) is 0 Å². The fourth-order valence-electron chi connectivity index (χ4n) is 1.96. The zero-order valence-electron chi connectivity index (χ0n) is 11.1. The van der Waals surface area contributed by atoms with Gasteiger partial charge in [-0.25, -0.2) is 0 Å². The minimum Gasteiger partial charge on any atom is -0.288 e. The summed E-state index contributed by atoms with van der Waals surface area (Å²) >= 11 is 12.3. The molecule has 0 unspecified atom stereocenters. The molecule has 0 radical (unpaired) electrons. The molecule has 2 aliphatic carbocycles. The standard InChI is InChI=1S/C14H6Br4O4/c1-3-7(15)13(21)5(9(17)11(3)19)6-10(18)12(20)4(2)8(16)14(6)22/h1-2H3. The highest BCUT2D eigenvalue weighted by Gasteiger charge is 2.39. The average molecular weight is 558 g/mol. The largest absolute Gasteiger partial charge is 0.288 e. The number of halogens is 4. The van der Waals surface area contributed by atoms with E-state index in [9.17, 15) is 19.2 Å². The molecule has 0 spiro atoms. The van der Waals surface area contributed by atoms with E-state index in [1.807, 2.05) is 0 Å². The van der Waals surface area contributed by atoms with Gasteiger partial charge in [-0.15, -0.1) is 0 Å². The third kappa shape index (κ3) is 2.53. The molecule has 114 valence electrons. The first kappa shape index (κ1) is 17.9. The molecule has 0 aliphatic heterocycles. The van der Waals surface area contributed by atoms with Gasteiger partial charge in [0.2, 0.25) is 11.6 Å². The Balaban J connectivity index is 2.76. The number of ketones is 4. The van der Waals surface area contributed by atoms with Crippen LogP contribution in [0.4, 0.5) is 0 Å². The number of hydrogen-bond donors (Lipinski definition) is 0. The topological polar surface area (TPSA) is 68.3 Å². The van der Waals surface area contributed by atoms with Crippen molar-refractivity contribution >= 4 is 86.9 Å². The highest BCUT2D eigenvalue weighted by Crippen LogP contribution is 2.41. The van der Waals surface area contributed by atoms with Crippen LogP contribution >= 0.6 is 63.7 Å². The summed E-state index contributed by atoms with van der Waals surface area (Å²) in [6.07, 6.45) is 0. The predicted octanol–water partition coefficient (Wildman–Crippen LogP) is 3.93. The molecule has 0 aromatic rings. The Morgan fingerprint density at radius 1 is 0.500 bits per heavy atom. The summed E-state index contributed by atoms with van der Waals surface area (Å²) < 4.78 is 0.0783. The molecule has 0 atom stereocenters. The van der Waals surface area contributed by atoms with Crippen LogP contribution in [0.2, 0.25) is 0 Å². The quantitative estimate of drug-likeness (QED) is 0.459. The smallest absolute Gasteiger partial charge is 0.202 e. The summed E-state index contributed by atoms with van der Waals surface area (Å²) in [5.74, 6) is -1.90. The van der Waals surface area contributed by atoms with Gasteiger partial charge in [-0.05, 0) is 77.6 Å². The Kier molecular flexibility index (Phi) is 5.06. The van der Waals surface area contributed by atoms with Gasteiger partial charge >= 0.3 is 0 Å². The van der Waals surface area contributed by atoms with Crippen LogP contribution in [0.15, 0.2) is 40.2 Å². The average Bonchev–Trinajstić information content (AvgIpc) is 2.50. The van der Waals surface area contributed by atoms with Gasteiger partial charge in [0, 0.05) is 11.1 Å². The molecule has 0 N–H and O–H groups in total. The Morgan fingerprint density at radius 3 is 1.05 bits per heavy atom. The lowest BCUT2D eigenvalue weighted by Crippen LogP contribution is -2.27. The molecule has 2 rings (SSSR count). The minimum atomic E-state index is -0.531. The highest BCUT2D eigenvalue weighted by atomic mass is 79.9. The Morgan fingerprint density at radius 2 is 0.773 bits per heavy atom. The van der Waals surface area contributed by atoms with Crippen molar-refractivity contribution in [2.75, 3.05) is 0 Å². The first-order valence-corrected chi connectivity index (χ1v) is 8.99. The lowest BCUT2D eigenvalue weighted by atomic mass is 9.86. The lowest BCUT2D eigenvalue weighted by molar-refractivity contribution is -0.117. The van der Waals surface area contributed by atoms with E-state index in [0.29, 0.717) is 0 Å². The van der Waals surface area contributed by atoms with Crippen LogP contribution in [-0.4, -0.2) is 23.1 Å². The Labute approximate surface area is 159 Å². The van der Waals surface area contributed by atoms with Crippen LogP contribution in [0.25, 0.3) is 0 Å². The van der Waals surface area contributed by atoms with Gasteiger partial charge in [0.15, 0.2) is 11.6 Å². The molecule has 0 bridgehead atoms. The lowest BCUT2D eigenvalue weighted by Gasteiger charge is -2.22. The van der Waals surface area contributed by atoms with Crippen molar-refractivity contribution in [3.05, 3.63) is 40.2 Å².